The molecule has 0 radical (unpaired) electrons. The highest BCUT2D eigenvalue weighted by molar-refractivity contribution is 5.67. The molecule has 0 atom stereocenters. The smallest absolute Gasteiger partial charge is 0.340 e. The summed E-state index contributed by atoms with van der Waals surface area (Å²) >= 11 is 0. The van der Waals surface area contributed by atoms with Crippen LogP contribution in [0.15, 0.2) is 60.8 Å². The number of fused-ring (bicyclic) bond motifs is 1. The van der Waals surface area contributed by atoms with E-state index in [4.69, 9.17) is 0 Å². The average Bonchev–Trinajstić information content (AvgIpc) is 3.06. The number of halogens is 3. The van der Waals surface area contributed by atoms with Gasteiger partial charge in [0, 0.05) is 24.1 Å². The zero-order chi connectivity index (χ0) is 18.1. The van der Waals surface area contributed by atoms with E-state index in [1.165, 1.54) is 17.7 Å². The Hall–Kier alpha value is -3.09. The molecule has 1 aromatic heterocycles. The van der Waals surface area contributed by atoms with Gasteiger partial charge in [-0.05, 0) is 48.4 Å². The van der Waals surface area contributed by atoms with E-state index in [9.17, 15) is 13.2 Å². The van der Waals surface area contributed by atoms with Crippen molar-refractivity contribution in [3.63, 3.8) is 0 Å². The molecule has 7 heteroatoms. The number of nitrogens with one attached hydrogen (secondary N) is 1. The summed E-state index contributed by atoms with van der Waals surface area (Å²) in [7, 11) is 0. The Kier molecular flexibility index (Phi) is 3.99. The fourth-order valence-corrected chi connectivity index (χ4v) is 2.98. The Bertz CT molecular complexity index is 923. The first kappa shape index (κ1) is 16.4. The highest BCUT2D eigenvalue weighted by atomic mass is 19.4. The lowest BCUT2D eigenvalue weighted by molar-refractivity contribution is -0.137. The predicted molar refractivity (Wildman–Crippen MR) is 93.9 cm³/mol. The molecule has 132 valence electrons. The molecule has 2 aromatic carbocycles. The van der Waals surface area contributed by atoms with Crippen molar-refractivity contribution in [3.8, 4) is 0 Å². The molecule has 2 heterocycles. The lowest BCUT2D eigenvalue weighted by Crippen LogP contribution is -2.16. The van der Waals surface area contributed by atoms with E-state index in [2.05, 4.69) is 21.4 Å². The van der Waals surface area contributed by atoms with E-state index in [1.54, 1.807) is 12.3 Å². The first-order valence-electron chi connectivity index (χ1n) is 8.13. The van der Waals surface area contributed by atoms with Gasteiger partial charge in [-0.2, -0.15) is 18.2 Å². The molecule has 0 spiro atoms. The quantitative estimate of drug-likeness (QED) is 0.722. The Labute approximate surface area is 148 Å². The minimum Gasteiger partial charge on any atom is -0.340 e. The van der Waals surface area contributed by atoms with Crippen molar-refractivity contribution in [3.05, 3.63) is 71.9 Å². The number of nitrogens with zero attached hydrogens (tertiary/aromatic N) is 3. The van der Waals surface area contributed by atoms with Crippen molar-refractivity contribution in [2.45, 2.75) is 12.6 Å². The molecule has 1 aliphatic heterocycles. The van der Waals surface area contributed by atoms with Gasteiger partial charge < -0.3 is 10.2 Å². The summed E-state index contributed by atoms with van der Waals surface area (Å²) in [5.74, 6) is 1.09. The van der Waals surface area contributed by atoms with E-state index >= 15 is 0 Å². The van der Waals surface area contributed by atoms with Gasteiger partial charge in [0.15, 0.2) is 0 Å². The summed E-state index contributed by atoms with van der Waals surface area (Å²) in [5, 5.41) is 3.03. The molecule has 0 unspecified atom stereocenters. The molecule has 0 bridgehead atoms. The maximum Gasteiger partial charge on any atom is 0.416 e. The highest BCUT2D eigenvalue weighted by Crippen LogP contribution is 2.33. The van der Waals surface area contributed by atoms with Crippen LogP contribution in [0.1, 0.15) is 11.1 Å². The molecule has 4 nitrogen and oxygen atoms in total. The van der Waals surface area contributed by atoms with Gasteiger partial charge in [-0.3, -0.25) is 0 Å². The predicted octanol–water partition coefficient (Wildman–Crippen LogP) is 4.93. The number of para-hydroxylation sites is 1. The van der Waals surface area contributed by atoms with E-state index in [0.29, 0.717) is 17.5 Å². The van der Waals surface area contributed by atoms with Crippen LogP contribution in [0.25, 0.3) is 0 Å². The number of hydrogen-bond acceptors (Lipinski definition) is 4. The molecule has 1 aliphatic rings. The Morgan fingerprint density at radius 2 is 1.73 bits per heavy atom. The van der Waals surface area contributed by atoms with E-state index < -0.39 is 11.7 Å². The van der Waals surface area contributed by atoms with Crippen molar-refractivity contribution < 1.29 is 13.2 Å². The third-order valence-electron chi connectivity index (χ3n) is 4.26. The van der Waals surface area contributed by atoms with Crippen LogP contribution in [0.2, 0.25) is 0 Å². The molecule has 0 saturated heterocycles. The number of benzene rings is 2. The lowest BCUT2D eigenvalue weighted by atomic mass is 10.2. The standard InChI is InChI=1S/C19H15F3N4/c20-19(21,22)14-5-7-15(8-6-14)24-17-9-11-23-18(25-17)26-12-10-13-3-1-2-4-16(13)26/h1-9,11H,10,12H2,(H,23,24,25). The second-order valence-corrected chi connectivity index (χ2v) is 5.97. The molecule has 1 N–H and O–H groups in total. The molecular weight excluding hydrogens is 341 g/mol. The molecule has 3 aromatic rings. The molecule has 0 fully saturated rings. The number of aromatic nitrogens is 2. The van der Waals surface area contributed by atoms with E-state index in [1.807, 2.05) is 23.1 Å². The zero-order valence-corrected chi connectivity index (χ0v) is 13.7. The van der Waals surface area contributed by atoms with Gasteiger partial charge in [-0.15, -0.1) is 0 Å². The van der Waals surface area contributed by atoms with Crippen molar-refractivity contribution >= 4 is 23.1 Å². The minimum atomic E-state index is -4.34. The van der Waals surface area contributed by atoms with Gasteiger partial charge in [0.05, 0.1) is 5.56 Å². The highest BCUT2D eigenvalue weighted by Gasteiger charge is 2.30. The van der Waals surface area contributed by atoms with Crippen molar-refractivity contribution in [2.24, 2.45) is 0 Å². The van der Waals surface area contributed by atoms with Crippen LogP contribution in [0.5, 0.6) is 0 Å². The van der Waals surface area contributed by atoms with Gasteiger partial charge in [0.2, 0.25) is 5.95 Å². The Balaban J connectivity index is 1.55. The van der Waals surface area contributed by atoms with Crippen LogP contribution in [0.3, 0.4) is 0 Å². The van der Waals surface area contributed by atoms with E-state index in [0.717, 1.165) is 30.8 Å². The molecular formula is C19H15F3N4. The number of anilines is 4. The van der Waals surface area contributed by atoms with Gasteiger partial charge in [-0.25, -0.2) is 4.98 Å². The first-order chi connectivity index (χ1) is 12.5. The third kappa shape index (κ3) is 3.20. The maximum absolute atomic E-state index is 12.6. The van der Waals surface area contributed by atoms with Gasteiger partial charge >= 0.3 is 6.18 Å². The summed E-state index contributed by atoms with van der Waals surface area (Å²) in [6.45, 7) is 0.795. The average molecular weight is 356 g/mol. The van der Waals surface area contributed by atoms with Gasteiger partial charge in [-0.1, -0.05) is 18.2 Å². The van der Waals surface area contributed by atoms with Gasteiger partial charge in [0.1, 0.15) is 5.82 Å². The number of hydrogen-bond donors (Lipinski definition) is 1. The summed E-state index contributed by atoms with van der Waals surface area (Å²) in [6.07, 6.45) is -1.78. The third-order valence-corrected chi connectivity index (χ3v) is 4.26. The summed E-state index contributed by atoms with van der Waals surface area (Å²) in [5.41, 5.74) is 2.18. The largest absolute Gasteiger partial charge is 0.416 e. The Morgan fingerprint density at radius 3 is 2.50 bits per heavy atom. The lowest BCUT2D eigenvalue weighted by Gasteiger charge is -2.17. The molecule has 0 saturated carbocycles. The summed E-state index contributed by atoms with van der Waals surface area (Å²) in [6, 6.07) is 14.6. The summed E-state index contributed by atoms with van der Waals surface area (Å²) < 4.78 is 37.9. The monoisotopic (exact) mass is 356 g/mol. The SMILES string of the molecule is FC(F)(F)c1ccc(Nc2ccnc(N3CCc4ccccc43)n2)cc1. The van der Waals surface area contributed by atoms with Crippen molar-refractivity contribution in [2.75, 3.05) is 16.8 Å². The second kappa shape index (κ2) is 6.33. The number of rotatable bonds is 3. The van der Waals surface area contributed by atoms with Crippen LogP contribution < -0.4 is 10.2 Å². The summed E-state index contributed by atoms with van der Waals surface area (Å²) in [4.78, 5) is 10.9. The first-order valence-corrected chi connectivity index (χ1v) is 8.13. The van der Waals surface area contributed by atoms with Crippen molar-refractivity contribution in [1.29, 1.82) is 0 Å². The van der Waals surface area contributed by atoms with Crippen LogP contribution in [0.4, 0.5) is 36.3 Å². The van der Waals surface area contributed by atoms with Crippen LogP contribution >= 0.6 is 0 Å². The fourth-order valence-electron chi connectivity index (χ4n) is 2.98. The van der Waals surface area contributed by atoms with Crippen molar-refractivity contribution in [1.82, 2.24) is 9.97 Å². The van der Waals surface area contributed by atoms with Crippen LogP contribution in [-0.2, 0) is 12.6 Å². The van der Waals surface area contributed by atoms with Crippen LogP contribution in [-0.4, -0.2) is 16.5 Å². The molecule has 26 heavy (non-hydrogen) atoms. The molecule has 0 amide bonds. The topological polar surface area (TPSA) is 41.1 Å². The maximum atomic E-state index is 12.6. The zero-order valence-electron chi connectivity index (χ0n) is 13.7. The van der Waals surface area contributed by atoms with E-state index in [-0.39, 0.29) is 0 Å². The molecule has 0 aliphatic carbocycles. The second-order valence-electron chi connectivity index (χ2n) is 5.97. The molecule has 4 rings (SSSR count). The van der Waals surface area contributed by atoms with Gasteiger partial charge in [0.25, 0.3) is 0 Å². The van der Waals surface area contributed by atoms with Crippen LogP contribution in [0, 0.1) is 0 Å². The minimum absolute atomic E-state index is 0.527. The number of alkyl halides is 3. The fraction of sp³-hybridized carbons (Fsp3) is 0.158. The normalized spacial score (nSPS) is 13.6. The Morgan fingerprint density at radius 1 is 0.962 bits per heavy atom.